The van der Waals surface area contributed by atoms with Crippen molar-refractivity contribution in [2.45, 2.75) is 17.7 Å². The van der Waals surface area contributed by atoms with Crippen LogP contribution in [0, 0.1) is 0 Å². The maximum absolute atomic E-state index is 12.5. The molecule has 0 fully saturated rings. The molecule has 10 heteroatoms. The third-order valence-electron chi connectivity index (χ3n) is 5.77. The number of nitrogens with one attached hydrogen (secondary N) is 2. The predicted molar refractivity (Wildman–Crippen MR) is 134 cm³/mol. The number of carbonyl (C=O) groups is 2. The Bertz CT molecular complexity index is 1360. The zero-order valence-electron chi connectivity index (χ0n) is 19.2. The molecule has 1 heterocycles. The van der Waals surface area contributed by atoms with Gasteiger partial charge in [0.15, 0.2) is 0 Å². The van der Waals surface area contributed by atoms with Gasteiger partial charge in [-0.3, -0.25) is 9.59 Å². The fourth-order valence-electron chi connectivity index (χ4n) is 3.96. The molecule has 9 nitrogen and oxygen atoms in total. The van der Waals surface area contributed by atoms with Crippen LogP contribution in [-0.4, -0.2) is 40.4 Å². The smallest absolute Gasteiger partial charge is 0.255 e. The molecule has 0 bridgehead atoms. The largest absolute Gasteiger partial charge is 0.495 e. The second-order valence-electron chi connectivity index (χ2n) is 8.10. The Hall–Kier alpha value is -3.89. The van der Waals surface area contributed by atoms with E-state index >= 15 is 0 Å². The molecule has 3 aromatic rings. The van der Waals surface area contributed by atoms with E-state index in [9.17, 15) is 18.0 Å². The van der Waals surface area contributed by atoms with E-state index in [1.54, 1.807) is 54.6 Å². The molecule has 2 amide bonds. The molecule has 182 valence electrons. The van der Waals surface area contributed by atoms with E-state index in [0.29, 0.717) is 42.2 Å². The summed E-state index contributed by atoms with van der Waals surface area (Å²) in [5.41, 5.74) is 3.42. The topological polar surface area (TPSA) is 131 Å². The van der Waals surface area contributed by atoms with Gasteiger partial charge in [0.05, 0.1) is 17.7 Å². The molecule has 0 saturated carbocycles. The number of anilines is 3. The number of hydrogen-bond donors (Lipinski definition) is 3. The van der Waals surface area contributed by atoms with Gasteiger partial charge in [-0.2, -0.15) is 0 Å². The summed E-state index contributed by atoms with van der Waals surface area (Å²) in [4.78, 5) is 27.2. The van der Waals surface area contributed by atoms with Gasteiger partial charge < -0.3 is 20.3 Å². The normalized spacial score (nSPS) is 12.7. The van der Waals surface area contributed by atoms with Crippen LogP contribution in [0.3, 0.4) is 0 Å². The summed E-state index contributed by atoms with van der Waals surface area (Å²) in [6.45, 7) is 1.19. The first kappa shape index (κ1) is 24.2. The van der Waals surface area contributed by atoms with Crippen LogP contribution in [0.15, 0.2) is 71.6 Å². The van der Waals surface area contributed by atoms with E-state index in [1.807, 2.05) is 11.0 Å². The third-order valence-corrected chi connectivity index (χ3v) is 6.68. The second kappa shape index (κ2) is 10.2. The fraction of sp³-hybridized carbons (Fsp3) is 0.200. The minimum Gasteiger partial charge on any atom is -0.495 e. The number of fused-ring (bicyclic) bond motifs is 1. The van der Waals surface area contributed by atoms with E-state index in [-0.39, 0.29) is 23.1 Å². The van der Waals surface area contributed by atoms with Crippen molar-refractivity contribution < 1.29 is 22.7 Å². The van der Waals surface area contributed by atoms with Gasteiger partial charge in [-0.05, 0) is 66.6 Å². The van der Waals surface area contributed by atoms with Crippen LogP contribution in [0.2, 0.25) is 0 Å². The van der Waals surface area contributed by atoms with Gasteiger partial charge in [-0.25, -0.2) is 13.6 Å². The summed E-state index contributed by atoms with van der Waals surface area (Å²) < 4.78 is 28.4. The highest BCUT2D eigenvalue weighted by Gasteiger charge is 2.22. The Morgan fingerprint density at radius 2 is 1.77 bits per heavy atom. The molecule has 1 aliphatic heterocycles. The summed E-state index contributed by atoms with van der Waals surface area (Å²) in [6.07, 6.45) is 0.950. The quantitative estimate of drug-likeness (QED) is 0.441. The van der Waals surface area contributed by atoms with Crippen LogP contribution < -0.4 is 25.4 Å². The molecular formula is C25H26N4O5S. The van der Waals surface area contributed by atoms with Gasteiger partial charge in [0.25, 0.3) is 5.91 Å². The number of ether oxygens (including phenoxy) is 1. The van der Waals surface area contributed by atoms with Crippen molar-refractivity contribution in [2.24, 2.45) is 5.14 Å². The highest BCUT2D eigenvalue weighted by molar-refractivity contribution is 7.89. The van der Waals surface area contributed by atoms with Crippen molar-refractivity contribution in [2.75, 3.05) is 35.7 Å². The summed E-state index contributed by atoms with van der Waals surface area (Å²) >= 11 is 0. The zero-order valence-corrected chi connectivity index (χ0v) is 20.0. The molecule has 0 aliphatic carbocycles. The standard InChI is InChI=1S/C25H26N4O5S/c1-34-23-5-3-2-4-21(23)28-25(31)17-6-8-19(9-7-17)27-24(30)13-15-29-14-12-18-16-20(35(26,32)33)10-11-22(18)29/h2-11,16H,12-15H2,1H3,(H,27,30)(H,28,31)(H2,26,32,33). The summed E-state index contributed by atoms with van der Waals surface area (Å²) in [5.74, 6) is 0.117. The van der Waals surface area contributed by atoms with E-state index in [4.69, 9.17) is 9.88 Å². The Balaban J connectivity index is 1.31. The maximum Gasteiger partial charge on any atom is 0.255 e. The number of sulfonamides is 1. The van der Waals surface area contributed by atoms with Crippen LogP contribution in [0.1, 0.15) is 22.3 Å². The number of nitrogens with zero attached hydrogens (tertiary/aromatic N) is 1. The predicted octanol–water partition coefficient (Wildman–Crippen LogP) is 2.99. The number of amides is 2. The van der Waals surface area contributed by atoms with E-state index in [0.717, 1.165) is 11.3 Å². The second-order valence-corrected chi connectivity index (χ2v) is 9.66. The number of carbonyl (C=O) groups excluding carboxylic acids is 2. The van der Waals surface area contributed by atoms with Gasteiger partial charge in [-0.15, -0.1) is 0 Å². The SMILES string of the molecule is COc1ccccc1NC(=O)c1ccc(NC(=O)CCN2CCc3cc(S(N)(=O)=O)ccc32)cc1. The molecule has 0 atom stereocenters. The first-order valence-electron chi connectivity index (χ1n) is 11.0. The lowest BCUT2D eigenvalue weighted by atomic mass is 10.1. The zero-order chi connectivity index (χ0) is 25.0. The van der Waals surface area contributed by atoms with Crippen molar-refractivity contribution in [3.8, 4) is 5.75 Å². The Morgan fingerprint density at radius 3 is 2.49 bits per heavy atom. The van der Waals surface area contributed by atoms with Crippen molar-refractivity contribution in [3.63, 3.8) is 0 Å². The first-order valence-corrected chi connectivity index (χ1v) is 12.5. The Kier molecular flexibility index (Phi) is 7.04. The van der Waals surface area contributed by atoms with Gasteiger partial charge in [0.1, 0.15) is 5.75 Å². The lowest BCUT2D eigenvalue weighted by molar-refractivity contribution is -0.116. The lowest BCUT2D eigenvalue weighted by Gasteiger charge is -2.19. The van der Waals surface area contributed by atoms with Gasteiger partial charge in [0, 0.05) is 36.4 Å². The van der Waals surface area contributed by atoms with Crippen molar-refractivity contribution in [1.82, 2.24) is 0 Å². The molecule has 0 aromatic heterocycles. The van der Waals surface area contributed by atoms with Gasteiger partial charge in [-0.1, -0.05) is 12.1 Å². The minimum absolute atomic E-state index is 0.0934. The molecule has 0 spiro atoms. The molecular weight excluding hydrogens is 468 g/mol. The third kappa shape index (κ3) is 5.79. The average molecular weight is 495 g/mol. The number of rotatable bonds is 8. The molecule has 0 saturated heterocycles. The monoisotopic (exact) mass is 494 g/mol. The molecule has 0 unspecified atom stereocenters. The van der Waals surface area contributed by atoms with Crippen LogP contribution >= 0.6 is 0 Å². The van der Waals surface area contributed by atoms with Crippen LogP contribution in [0.4, 0.5) is 17.1 Å². The molecule has 4 rings (SSSR count). The summed E-state index contributed by atoms with van der Waals surface area (Å²) in [7, 11) is -2.21. The van der Waals surface area contributed by atoms with Crippen molar-refractivity contribution in [3.05, 3.63) is 77.9 Å². The van der Waals surface area contributed by atoms with E-state index in [2.05, 4.69) is 10.6 Å². The Morgan fingerprint density at radius 1 is 1.03 bits per heavy atom. The van der Waals surface area contributed by atoms with E-state index < -0.39 is 10.0 Å². The molecule has 1 aliphatic rings. The van der Waals surface area contributed by atoms with Crippen molar-refractivity contribution in [1.29, 1.82) is 0 Å². The van der Waals surface area contributed by atoms with E-state index in [1.165, 1.54) is 13.2 Å². The summed E-state index contributed by atoms with van der Waals surface area (Å²) in [6, 6.07) is 18.6. The molecule has 0 radical (unpaired) electrons. The molecule has 3 aromatic carbocycles. The maximum atomic E-state index is 12.5. The van der Waals surface area contributed by atoms with Crippen LogP contribution in [0.25, 0.3) is 0 Å². The van der Waals surface area contributed by atoms with Gasteiger partial charge >= 0.3 is 0 Å². The van der Waals surface area contributed by atoms with Crippen LogP contribution in [0.5, 0.6) is 5.75 Å². The number of para-hydroxylation sites is 2. The lowest BCUT2D eigenvalue weighted by Crippen LogP contribution is -2.26. The number of hydrogen-bond acceptors (Lipinski definition) is 6. The number of nitrogens with two attached hydrogens (primary N) is 1. The minimum atomic E-state index is -3.74. The van der Waals surface area contributed by atoms with Gasteiger partial charge in [0.2, 0.25) is 15.9 Å². The average Bonchev–Trinajstić information content (AvgIpc) is 3.25. The highest BCUT2D eigenvalue weighted by Crippen LogP contribution is 2.30. The Labute approximate surface area is 203 Å². The highest BCUT2D eigenvalue weighted by atomic mass is 32.2. The molecule has 35 heavy (non-hydrogen) atoms. The summed E-state index contributed by atoms with van der Waals surface area (Å²) in [5, 5.41) is 10.9. The number of methoxy groups -OCH3 is 1. The van der Waals surface area contributed by atoms with Crippen LogP contribution in [-0.2, 0) is 21.2 Å². The van der Waals surface area contributed by atoms with Crippen molar-refractivity contribution >= 4 is 38.9 Å². The molecule has 4 N–H and O–H groups in total. The first-order chi connectivity index (χ1) is 16.7. The number of benzene rings is 3. The number of primary sulfonamides is 1. The fourth-order valence-corrected chi connectivity index (χ4v) is 4.53.